The molecule has 0 saturated carbocycles. The molecule has 1 aromatic carbocycles. The largest absolute Gasteiger partial charge is 0.356 e. The van der Waals surface area contributed by atoms with E-state index in [4.69, 9.17) is 0 Å². The van der Waals surface area contributed by atoms with Gasteiger partial charge < -0.3 is 14.9 Å². The fourth-order valence-corrected chi connectivity index (χ4v) is 3.49. The van der Waals surface area contributed by atoms with Crippen molar-refractivity contribution in [3.05, 3.63) is 41.7 Å². The molecule has 3 aromatic rings. The Bertz CT molecular complexity index is 863. The average molecular weight is 352 g/mol. The van der Waals surface area contributed by atoms with Crippen molar-refractivity contribution >= 4 is 16.9 Å². The number of carbonyl (C=O) groups excluding carboxylic acids is 1. The summed E-state index contributed by atoms with van der Waals surface area (Å²) < 4.78 is 2.23. The van der Waals surface area contributed by atoms with Crippen LogP contribution in [0.5, 0.6) is 0 Å². The summed E-state index contributed by atoms with van der Waals surface area (Å²) in [7, 11) is 0. The Morgan fingerprint density at radius 2 is 2.08 bits per heavy atom. The fraction of sp³-hybridized carbons (Fsp3) is 0.474. The Morgan fingerprint density at radius 1 is 1.15 bits per heavy atom. The van der Waals surface area contributed by atoms with E-state index >= 15 is 0 Å². The molecule has 0 aliphatic carbocycles. The molecule has 7 nitrogen and oxygen atoms in total. The lowest BCUT2D eigenvalue weighted by Gasteiger charge is -2.07. The quantitative estimate of drug-likeness (QED) is 0.712. The van der Waals surface area contributed by atoms with E-state index in [-0.39, 0.29) is 5.91 Å². The van der Waals surface area contributed by atoms with Gasteiger partial charge in [-0.05, 0) is 25.0 Å². The zero-order valence-electron chi connectivity index (χ0n) is 14.9. The predicted octanol–water partition coefficient (Wildman–Crippen LogP) is 2.17. The minimum absolute atomic E-state index is 0.0426. The van der Waals surface area contributed by atoms with E-state index < -0.39 is 0 Å². The first kappa shape index (κ1) is 16.8. The summed E-state index contributed by atoms with van der Waals surface area (Å²) in [4.78, 5) is 19.9. The van der Waals surface area contributed by atoms with Crippen LogP contribution in [0.1, 0.15) is 43.2 Å². The molecule has 2 aromatic heterocycles. The van der Waals surface area contributed by atoms with Crippen LogP contribution in [-0.4, -0.2) is 37.2 Å². The number of hydrogen-bond donors (Lipinski definition) is 2. The molecule has 2 N–H and O–H groups in total. The molecule has 1 amide bonds. The van der Waals surface area contributed by atoms with E-state index in [1.807, 2.05) is 24.3 Å². The first-order valence-electron chi connectivity index (χ1n) is 9.41. The topological polar surface area (TPSA) is 88.5 Å². The molecule has 0 fully saturated rings. The molecule has 0 saturated heterocycles. The lowest BCUT2D eigenvalue weighted by molar-refractivity contribution is -0.121. The van der Waals surface area contributed by atoms with Gasteiger partial charge in [0.05, 0.1) is 11.0 Å². The van der Waals surface area contributed by atoms with Crippen molar-refractivity contribution in [3.8, 4) is 0 Å². The second kappa shape index (κ2) is 7.68. The molecular weight excluding hydrogens is 328 g/mol. The van der Waals surface area contributed by atoms with Gasteiger partial charge in [0.25, 0.3) is 0 Å². The highest BCUT2D eigenvalue weighted by Gasteiger charge is 2.14. The minimum atomic E-state index is 0.0426. The standard InChI is InChI=1S/C19H24N6O/c26-19(10-9-16-21-14-6-3-4-7-15(14)22-16)20-12-11-18-24-23-17-8-2-1-5-13-25(17)18/h3-4,6-7H,1-2,5,8-13H2,(H,20,26)(H,21,22). The molecule has 0 bridgehead atoms. The third kappa shape index (κ3) is 3.76. The van der Waals surface area contributed by atoms with E-state index in [2.05, 4.69) is 30.0 Å². The number of imidazole rings is 1. The van der Waals surface area contributed by atoms with Gasteiger partial charge in [0.1, 0.15) is 17.5 Å². The number of benzene rings is 1. The van der Waals surface area contributed by atoms with Gasteiger partial charge in [-0.1, -0.05) is 18.6 Å². The van der Waals surface area contributed by atoms with E-state index in [0.29, 0.717) is 19.4 Å². The summed E-state index contributed by atoms with van der Waals surface area (Å²) in [6, 6.07) is 7.90. The second-order valence-electron chi connectivity index (χ2n) is 6.80. The number of aromatic amines is 1. The summed E-state index contributed by atoms with van der Waals surface area (Å²) in [5.41, 5.74) is 1.95. The number of para-hydroxylation sites is 2. The van der Waals surface area contributed by atoms with Gasteiger partial charge >= 0.3 is 0 Å². The first-order chi connectivity index (χ1) is 12.8. The molecule has 1 aliphatic heterocycles. The van der Waals surface area contributed by atoms with E-state index in [1.165, 1.54) is 19.3 Å². The van der Waals surface area contributed by atoms with Crippen LogP contribution in [0.2, 0.25) is 0 Å². The van der Waals surface area contributed by atoms with E-state index in [1.54, 1.807) is 0 Å². The number of H-pyrrole nitrogens is 1. The molecule has 3 heterocycles. The molecular formula is C19H24N6O. The average Bonchev–Trinajstić information content (AvgIpc) is 3.16. The monoisotopic (exact) mass is 352 g/mol. The molecule has 0 unspecified atom stereocenters. The molecule has 4 rings (SSSR count). The maximum Gasteiger partial charge on any atom is 0.220 e. The predicted molar refractivity (Wildman–Crippen MR) is 98.7 cm³/mol. The maximum atomic E-state index is 12.1. The van der Waals surface area contributed by atoms with E-state index in [0.717, 1.165) is 47.9 Å². The van der Waals surface area contributed by atoms with Gasteiger partial charge in [0.15, 0.2) is 0 Å². The van der Waals surface area contributed by atoms with Crippen molar-refractivity contribution in [3.63, 3.8) is 0 Å². The molecule has 136 valence electrons. The molecule has 0 atom stereocenters. The zero-order chi connectivity index (χ0) is 17.8. The summed E-state index contributed by atoms with van der Waals surface area (Å²) in [5.74, 6) is 2.97. The first-order valence-corrected chi connectivity index (χ1v) is 9.41. The van der Waals surface area contributed by atoms with Crippen LogP contribution in [0, 0.1) is 0 Å². The number of amides is 1. The summed E-state index contributed by atoms with van der Waals surface area (Å²) in [6.45, 7) is 1.59. The summed E-state index contributed by atoms with van der Waals surface area (Å²) >= 11 is 0. The van der Waals surface area contributed by atoms with Crippen LogP contribution in [0.25, 0.3) is 11.0 Å². The highest BCUT2D eigenvalue weighted by molar-refractivity contribution is 5.77. The Morgan fingerprint density at radius 3 is 3.00 bits per heavy atom. The van der Waals surface area contributed by atoms with Crippen LogP contribution in [-0.2, 0) is 30.6 Å². The number of aryl methyl sites for hydroxylation is 2. The SMILES string of the molecule is O=C(CCc1nc2ccccc2[nH]1)NCCc1nnc2n1CCCCC2. The van der Waals surface area contributed by atoms with Gasteiger partial charge in [0.2, 0.25) is 5.91 Å². The smallest absolute Gasteiger partial charge is 0.220 e. The van der Waals surface area contributed by atoms with Crippen LogP contribution in [0.3, 0.4) is 0 Å². The van der Waals surface area contributed by atoms with Gasteiger partial charge in [0, 0.05) is 38.8 Å². The Labute approximate surface area is 152 Å². The van der Waals surface area contributed by atoms with E-state index in [9.17, 15) is 4.79 Å². The highest BCUT2D eigenvalue weighted by atomic mass is 16.1. The normalized spacial score (nSPS) is 14.2. The Kier molecular flexibility index (Phi) is 4.95. The second-order valence-corrected chi connectivity index (χ2v) is 6.80. The van der Waals surface area contributed by atoms with Crippen molar-refractivity contribution in [1.82, 2.24) is 30.0 Å². The van der Waals surface area contributed by atoms with Crippen molar-refractivity contribution in [2.45, 2.75) is 51.5 Å². The number of nitrogens with one attached hydrogen (secondary N) is 2. The van der Waals surface area contributed by atoms with Crippen LogP contribution in [0.15, 0.2) is 24.3 Å². The third-order valence-electron chi connectivity index (χ3n) is 4.88. The van der Waals surface area contributed by atoms with Gasteiger partial charge in [-0.2, -0.15) is 0 Å². The van der Waals surface area contributed by atoms with Gasteiger partial charge in [-0.25, -0.2) is 4.98 Å². The molecule has 26 heavy (non-hydrogen) atoms. The summed E-state index contributed by atoms with van der Waals surface area (Å²) in [6.07, 6.45) is 6.40. The summed E-state index contributed by atoms with van der Waals surface area (Å²) in [5, 5.41) is 11.6. The lowest BCUT2D eigenvalue weighted by atomic mass is 10.2. The zero-order valence-corrected chi connectivity index (χ0v) is 14.9. The van der Waals surface area contributed by atoms with Crippen LogP contribution < -0.4 is 5.32 Å². The number of fused-ring (bicyclic) bond motifs is 2. The molecule has 0 radical (unpaired) electrons. The van der Waals surface area contributed by atoms with Crippen molar-refractivity contribution in [2.75, 3.05) is 6.54 Å². The number of hydrogen-bond acceptors (Lipinski definition) is 4. The van der Waals surface area contributed by atoms with Crippen LogP contribution >= 0.6 is 0 Å². The van der Waals surface area contributed by atoms with Crippen molar-refractivity contribution < 1.29 is 4.79 Å². The Balaban J connectivity index is 1.25. The van der Waals surface area contributed by atoms with Gasteiger partial charge in [-0.15, -0.1) is 10.2 Å². The number of rotatable bonds is 6. The van der Waals surface area contributed by atoms with Crippen molar-refractivity contribution in [1.29, 1.82) is 0 Å². The number of nitrogens with zero attached hydrogens (tertiary/aromatic N) is 4. The lowest BCUT2D eigenvalue weighted by Crippen LogP contribution is -2.26. The van der Waals surface area contributed by atoms with Crippen LogP contribution in [0.4, 0.5) is 0 Å². The maximum absolute atomic E-state index is 12.1. The molecule has 1 aliphatic rings. The van der Waals surface area contributed by atoms with Gasteiger partial charge in [-0.3, -0.25) is 4.79 Å². The molecule has 0 spiro atoms. The van der Waals surface area contributed by atoms with Crippen molar-refractivity contribution in [2.24, 2.45) is 0 Å². The highest BCUT2D eigenvalue weighted by Crippen LogP contribution is 2.14. The number of aromatic nitrogens is 5. The number of carbonyl (C=O) groups is 1. The third-order valence-corrected chi connectivity index (χ3v) is 4.88. The minimum Gasteiger partial charge on any atom is -0.356 e. The molecule has 7 heteroatoms. The Hall–Kier alpha value is -2.70. The fourth-order valence-electron chi connectivity index (χ4n) is 3.49.